The van der Waals surface area contributed by atoms with Crippen molar-refractivity contribution in [3.8, 4) is 0 Å². The number of methoxy groups -OCH3 is 1. The van der Waals surface area contributed by atoms with Crippen molar-refractivity contribution in [3.63, 3.8) is 0 Å². The van der Waals surface area contributed by atoms with E-state index in [2.05, 4.69) is 10.6 Å². The van der Waals surface area contributed by atoms with E-state index in [-0.39, 0.29) is 11.9 Å². The maximum absolute atomic E-state index is 12.1. The van der Waals surface area contributed by atoms with Crippen molar-refractivity contribution in [1.29, 1.82) is 0 Å². The quantitative estimate of drug-likeness (QED) is 0.779. The van der Waals surface area contributed by atoms with Crippen molar-refractivity contribution in [2.75, 3.05) is 13.7 Å². The standard InChI is InChI=1S/C13H24N2O2/c1-17-11-7-6-10(9-11)15-13(16)12-5-3-2-4-8-14-12/h10-12,14H,2-9H2,1H3,(H,15,16). The molecule has 0 spiro atoms. The highest BCUT2D eigenvalue weighted by molar-refractivity contribution is 5.82. The van der Waals surface area contributed by atoms with Gasteiger partial charge < -0.3 is 15.4 Å². The average molecular weight is 240 g/mol. The molecule has 0 radical (unpaired) electrons. The molecule has 1 aliphatic carbocycles. The molecule has 2 rings (SSSR count). The van der Waals surface area contributed by atoms with Crippen molar-refractivity contribution in [2.45, 2.75) is 63.1 Å². The van der Waals surface area contributed by atoms with Gasteiger partial charge in [0.1, 0.15) is 0 Å². The van der Waals surface area contributed by atoms with Gasteiger partial charge in [0.15, 0.2) is 0 Å². The number of carbonyl (C=O) groups is 1. The van der Waals surface area contributed by atoms with Crippen LogP contribution in [0.15, 0.2) is 0 Å². The first-order chi connectivity index (χ1) is 8.29. The lowest BCUT2D eigenvalue weighted by Gasteiger charge is -2.19. The van der Waals surface area contributed by atoms with Crippen molar-refractivity contribution >= 4 is 5.91 Å². The first-order valence-electron chi connectivity index (χ1n) is 6.86. The lowest BCUT2D eigenvalue weighted by Crippen LogP contribution is -2.47. The zero-order valence-electron chi connectivity index (χ0n) is 10.7. The molecule has 1 saturated carbocycles. The first-order valence-corrected chi connectivity index (χ1v) is 6.86. The van der Waals surface area contributed by atoms with Gasteiger partial charge in [0.05, 0.1) is 12.1 Å². The summed E-state index contributed by atoms with van der Waals surface area (Å²) >= 11 is 0. The molecule has 4 nitrogen and oxygen atoms in total. The van der Waals surface area contributed by atoms with Crippen LogP contribution in [0.4, 0.5) is 0 Å². The molecule has 2 aliphatic rings. The van der Waals surface area contributed by atoms with Crippen LogP contribution in [-0.4, -0.2) is 37.7 Å². The second-order valence-electron chi connectivity index (χ2n) is 5.23. The Hall–Kier alpha value is -0.610. The summed E-state index contributed by atoms with van der Waals surface area (Å²) in [6.45, 7) is 0.976. The Bertz CT molecular complexity index is 250. The first kappa shape index (κ1) is 12.8. The van der Waals surface area contributed by atoms with Crippen molar-refractivity contribution in [3.05, 3.63) is 0 Å². The second kappa shape index (κ2) is 6.36. The summed E-state index contributed by atoms with van der Waals surface area (Å²) in [6.07, 6.45) is 8.00. The highest BCUT2D eigenvalue weighted by Crippen LogP contribution is 2.21. The Balaban J connectivity index is 1.76. The van der Waals surface area contributed by atoms with Crippen LogP contribution in [0, 0.1) is 0 Å². The minimum absolute atomic E-state index is 0.0269. The Morgan fingerprint density at radius 2 is 2.12 bits per heavy atom. The van der Waals surface area contributed by atoms with Gasteiger partial charge in [-0.15, -0.1) is 0 Å². The average Bonchev–Trinajstić information content (AvgIpc) is 2.62. The van der Waals surface area contributed by atoms with Gasteiger partial charge >= 0.3 is 0 Å². The van der Waals surface area contributed by atoms with Gasteiger partial charge in [0, 0.05) is 13.2 Å². The molecule has 1 heterocycles. The summed E-state index contributed by atoms with van der Waals surface area (Å²) in [5.74, 6) is 0.189. The van der Waals surface area contributed by atoms with Gasteiger partial charge in [0.25, 0.3) is 0 Å². The maximum atomic E-state index is 12.1. The lowest BCUT2D eigenvalue weighted by atomic mass is 10.1. The number of carbonyl (C=O) groups excluding carboxylic acids is 1. The fraction of sp³-hybridized carbons (Fsp3) is 0.923. The van der Waals surface area contributed by atoms with E-state index in [0.29, 0.717) is 12.1 Å². The summed E-state index contributed by atoms with van der Waals surface area (Å²) in [4.78, 5) is 12.1. The van der Waals surface area contributed by atoms with E-state index in [1.165, 1.54) is 12.8 Å². The van der Waals surface area contributed by atoms with Gasteiger partial charge in [-0.1, -0.05) is 12.8 Å². The van der Waals surface area contributed by atoms with Crippen LogP contribution in [-0.2, 0) is 9.53 Å². The number of hydrogen-bond acceptors (Lipinski definition) is 3. The monoisotopic (exact) mass is 240 g/mol. The van der Waals surface area contributed by atoms with Gasteiger partial charge in [-0.2, -0.15) is 0 Å². The number of ether oxygens (including phenoxy) is 1. The molecule has 17 heavy (non-hydrogen) atoms. The fourth-order valence-electron chi connectivity index (χ4n) is 2.84. The van der Waals surface area contributed by atoms with E-state index in [1.807, 2.05) is 0 Å². The van der Waals surface area contributed by atoms with Gasteiger partial charge in [-0.3, -0.25) is 4.79 Å². The molecule has 3 unspecified atom stereocenters. The van der Waals surface area contributed by atoms with E-state index in [4.69, 9.17) is 4.74 Å². The molecule has 1 aliphatic heterocycles. The lowest BCUT2D eigenvalue weighted by molar-refractivity contribution is -0.124. The summed E-state index contributed by atoms with van der Waals surface area (Å²) in [5, 5.41) is 6.50. The van der Waals surface area contributed by atoms with Crippen molar-refractivity contribution in [2.24, 2.45) is 0 Å². The number of nitrogens with one attached hydrogen (secondary N) is 2. The number of hydrogen-bond donors (Lipinski definition) is 2. The Kier molecular flexibility index (Phi) is 4.80. The normalized spacial score (nSPS) is 34.3. The van der Waals surface area contributed by atoms with Crippen LogP contribution in [0.5, 0.6) is 0 Å². The minimum atomic E-state index is 0.0269. The minimum Gasteiger partial charge on any atom is -0.381 e. The zero-order chi connectivity index (χ0) is 12.1. The van der Waals surface area contributed by atoms with Crippen LogP contribution in [0.1, 0.15) is 44.9 Å². The van der Waals surface area contributed by atoms with Gasteiger partial charge in [-0.05, 0) is 38.6 Å². The molecular formula is C13H24N2O2. The number of amides is 1. The maximum Gasteiger partial charge on any atom is 0.237 e. The largest absolute Gasteiger partial charge is 0.381 e. The third-order valence-corrected chi connectivity index (χ3v) is 3.94. The van der Waals surface area contributed by atoms with Crippen LogP contribution in [0.2, 0.25) is 0 Å². The smallest absolute Gasteiger partial charge is 0.237 e. The third kappa shape index (κ3) is 3.68. The predicted molar refractivity (Wildman–Crippen MR) is 66.8 cm³/mol. The highest BCUT2D eigenvalue weighted by atomic mass is 16.5. The van der Waals surface area contributed by atoms with E-state index >= 15 is 0 Å². The second-order valence-corrected chi connectivity index (χ2v) is 5.23. The van der Waals surface area contributed by atoms with E-state index in [9.17, 15) is 4.79 Å². The van der Waals surface area contributed by atoms with Crippen LogP contribution in [0.25, 0.3) is 0 Å². The molecule has 3 atom stereocenters. The SMILES string of the molecule is COC1CCC(NC(=O)C2CCCCCN2)C1. The Morgan fingerprint density at radius 3 is 2.88 bits per heavy atom. The summed E-state index contributed by atoms with van der Waals surface area (Å²) in [6, 6.07) is 0.344. The highest BCUT2D eigenvalue weighted by Gasteiger charge is 2.28. The van der Waals surface area contributed by atoms with Crippen LogP contribution < -0.4 is 10.6 Å². The third-order valence-electron chi connectivity index (χ3n) is 3.94. The molecule has 0 bridgehead atoms. The molecule has 2 fully saturated rings. The van der Waals surface area contributed by atoms with Crippen molar-refractivity contribution < 1.29 is 9.53 Å². The van der Waals surface area contributed by atoms with Crippen LogP contribution >= 0.6 is 0 Å². The van der Waals surface area contributed by atoms with E-state index < -0.39 is 0 Å². The Morgan fingerprint density at radius 1 is 1.24 bits per heavy atom. The van der Waals surface area contributed by atoms with Gasteiger partial charge in [0.2, 0.25) is 5.91 Å². The topological polar surface area (TPSA) is 50.4 Å². The van der Waals surface area contributed by atoms with Crippen LogP contribution in [0.3, 0.4) is 0 Å². The van der Waals surface area contributed by atoms with Gasteiger partial charge in [-0.25, -0.2) is 0 Å². The summed E-state index contributed by atoms with van der Waals surface area (Å²) < 4.78 is 5.32. The van der Waals surface area contributed by atoms with E-state index in [0.717, 1.165) is 38.6 Å². The molecule has 0 aromatic heterocycles. The molecule has 1 amide bonds. The predicted octanol–water partition coefficient (Wildman–Crippen LogP) is 1.20. The summed E-state index contributed by atoms with van der Waals surface area (Å²) in [7, 11) is 1.75. The fourth-order valence-corrected chi connectivity index (χ4v) is 2.84. The van der Waals surface area contributed by atoms with Crippen molar-refractivity contribution in [1.82, 2.24) is 10.6 Å². The molecule has 0 aromatic carbocycles. The molecule has 98 valence electrons. The molecular weight excluding hydrogens is 216 g/mol. The molecule has 1 saturated heterocycles. The molecule has 2 N–H and O–H groups in total. The Labute approximate surface area is 103 Å². The zero-order valence-corrected chi connectivity index (χ0v) is 10.7. The molecule has 0 aromatic rings. The molecule has 4 heteroatoms. The summed E-state index contributed by atoms with van der Waals surface area (Å²) in [5.41, 5.74) is 0. The number of rotatable bonds is 3. The van der Waals surface area contributed by atoms with E-state index in [1.54, 1.807) is 7.11 Å².